The lowest BCUT2D eigenvalue weighted by Gasteiger charge is -2.39. The van der Waals surface area contributed by atoms with Gasteiger partial charge in [-0.25, -0.2) is 21.8 Å². The molecule has 2 aliphatic carbocycles. The summed E-state index contributed by atoms with van der Waals surface area (Å²) in [4.78, 5) is 17.6. The van der Waals surface area contributed by atoms with Gasteiger partial charge in [0.2, 0.25) is 0 Å². The molecule has 3 aliphatic rings. The number of hydrogen-bond donors (Lipinski definition) is 1. The van der Waals surface area contributed by atoms with Gasteiger partial charge in [-0.15, -0.1) is 0 Å². The van der Waals surface area contributed by atoms with Crippen LogP contribution in [-0.4, -0.2) is 41.9 Å². The maximum absolute atomic E-state index is 13.1. The third kappa shape index (κ3) is 4.77. The largest absolute Gasteiger partial charge is 0.744 e. The molecule has 2 heterocycles. The standard InChI is InChI=1S/C31H34N2O9S2/c1-14-9-30(3,4)11-20-16(14)7-18-22(23-24(29(34)35)33-13-32-23)19-8-17-15(2)10-31(5,6)12-21(17)28(44(39,40)41)26(19)42-25(18)27(20)43(36,37)38/h7-8,11,13-15H,9-10,12H2,1-6H3,(H,32,33)(H,34,35)(H,36,37,38)(H,39,40,41)/p-3. The number of carbonyl (C=O) groups is 1. The number of fused-ring (bicyclic) bond motifs is 4. The lowest BCUT2D eigenvalue weighted by atomic mass is 9.69. The van der Waals surface area contributed by atoms with Crippen molar-refractivity contribution >= 4 is 37.9 Å². The maximum atomic E-state index is 13.1. The van der Waals surface area contributed by atoms with Crippen LogP contribution in [0, 0.1) is 10.8 Å². The van der Waals surface area contributed by atoms with Gasteiger partial charge < -0.3 is 28.7 Å². The lowest BCUT2D eigenvalue weighted by Crippen LogP contribution is -2.36. The fourth-order valence-electron chi connectivity index (χ4n) is 7.62. The Morgan fingerprint density at radius 2 is 1.59 bits per heavy atom. The summed E-state index contributed by atoms with van der Waals surface area (Å²) < 4.78 is 84.5. The Morgan fingerprint density at radius 1 is 0.955 bits per heavy atom. The predicted octanol–water partition coefficient (Wildman–Crippen LogP) is 2.32. The molecule has 0 fully saturated rings. The van der Waals surface area contributed by atoms with Crippen molar-refractivity contribution in [2.75, 3.05) is 0 Å². The summed E-state index contributed by atoms with van der Waals surface area (Å²) >= 11 is 0. The van der Waals surface area contributed by atoms with Crippen molar-refractivity contribution in [2.24, 2.45) is 10.8 Å². The molecule has 0 spiro atoms. The molecule has 234 valence electrons. The van der Waals surface area contributed by atoms with Gasteiger partial charge in [-0.05, 0) is 76.0 Å². The van der Waals surface area contributed by atoms with E-state index in [0.29, 0.717) is 24.0 Å². The number of aromatic nitrogens is 2. The minimum atomic E-state index is -5.28. The number of rotatable bonds is 4. The second kappa shape index (κ2) is 9.49. The van der Waals surface area contributed by atoms with E-state index < -0.39 is 58.6 Å². The summed E-state index contributed by atoms with van der Waals surface area (Å²) in [6.45, 7) is 11.5. The number of aromatic carboxylic acids is 1. The quantitative estimate of drug-likeness (QED) is 0.324. The van der Waals surface area contributed by atoms with E-state index >= 15 is 0 Å². The summed E-state index contributed by atoms with van der Waals surface area (Å²) in [5, 5.41) is 12.4. The maximum Gasteiger partial charge on any atom is 0.153 e. The number of benzene rings is 2. The number of carboxylic acids is 1. The van der Waals surface area contributed by atoms with Crippen LogP contribution in [0.1, 0.15) is 105 Å². The first-order valence-corrected chi connectivity index (χ1v) is 17.0. The highest BCUT2D eigenvalue weighted by molar-refractivity contribution is 7.86. The van der Waals surface area contributed by atoms with Gasteiger partial charge in [0.1, 0.15) is 30.0 Å². The first kappa shape index (κ1) is 30.5. The Bertz CT molecular complexity index is 2140. The molecule has 2 atom stereocenters. The molecule has 0 amide bonds. The molecule has 1 aliphatic heterocycles. The van der Waals surface area contributed by atoms with E-state index in [1.165, 1.54) is 0 Å². The van der Waals surface area contributed by atoms with E-state index in [-0.39, 0.29) is 56.5 Å². The fraction of sp³-hybridized carbons (Fsp3) is 0.419. The van der Waals surface area contributed by atoms with Gasteiger partial charge in [-0.3, -0.25) is 0 Å². The van der Waals surface area contributed by atoms with Crippen LogP contribution < -0.4 is 20.3 Å². The smallest absolute Gasteiger partial charge is 0.153 e. The van der Waals surface area contributed by atoms with E-state index in [4.69, 9.17) is 4.74 Å². The Balaban J connectivity index is 1.90. The average Bonchev–Trinajstić information content (AvgIpc) is 3.32. The fourth-order valence-corrected chi connectivity index (χ4v) is 9.31. The molecule has 1 aromatic heterocycles. The van der Waals surface area contributed by atoms with Crippen LogP contribution in [-0.2, 0) is 26.7 Å². The molecule has 3 aromatic rings. The van der Waals surface area contributed by atoms with Gasteiger partial charge >= 0.3 is 0 Å². The van der Waals surface area contributed by atoms with Crippen LogP contribution in [0.3, 0.4) is 0 Å². The number of imidazole rings is 1. The number of ether oxygens (including phenoxy) is 1. The number of aromatic amines is 1. The monoisotopic (exact) mass is 639 g/mol. The Labute approximate surface area is 255 Å². The SMILES string of the molecule is CC1CC(C)(C)Cc2c1cc1c(c2S(=O)(=O)[O-])Oc2c(S(=O)(=O)[O-])c3c(cc2=C1c1nc[nH]c1C(=O)[O-])C(C)CC(C)(C)C=3. The minimum Gasteiger partial charge on any atom is -0.744 e. The molecular formula is C31H31N2O9S2-3. The van der Waals surface area contributed by atoms with Crippen molar-refractivity contribution < 1.29 is 40.6 Å². The normalized spacial score (nSPS) is 21.7. The van der Waals surface area contributed by atoms with Crippen molar-refractivity contribution in [2.45, 2.75) is 82.4 Å². The number of nitrogens with one attached hydrogen (secondary N) is 1. The van der Waals surface area contributed by atoms with Crippen molar-refractivity contribution in [1.82, 2.24) is 9.97 Å². The van der Waals surface area contributed by atoms with Crippen molar-refractivity contribution in [3.8, 4) is 11.5 Å². The summed E-state index contributed by atoms with van der Waals surface area (Å²) in [5.74, 6) is -2.99. The zero-order valence-corrected chi connectivity index (χ0v) is 26.7. The highest BCUT2D eigenvalue weighted by Gasteiger charge is 2.39. The molecule has 2 aromatic carbocycles. The molecule has 2 unspecified atom stereocenters. The molecular weight excluding hydrogens is 608 g/mol. The number of hydrogen-bond acceptors (Lipinski definition) is 10. The molecule has 6 rings (SSSR count). The van der Waals surface area contributed by atoms with Crippen LogP contribution in [0.4, 0.5) is 0 Å². The Hall–Kier alpha value is -3.52. The van der Waals surface area contributed by atoms with Crippen LogP contribution in [0.25, 0.3) is 11.6 Å². The van der Waals surface area contributed by atoms with E-state index in [2.05, 4.69) is 9.97 Å². The van der Waals surface area contributed by atoms with Gasteiger partial charge in [0, 0.05) is 16.4 Å². The van der Waals surface area contributed by atoms with Crippen molar-refractivity contribution in [3.05, 3.63) is 62.5 Å². The molecule has 0 saturated carbocycles. The Kier molecular flexibility index (Phi) is 6.58. The molecule has 0 saturated heterocycles. The lowest BCUT2D eigenvalue weighted by molar-refractivity contribution is -0.255. The van der Waals surface area contributed by atoms with Gasteiger partial charge in [-0.2, -0.15) is 0 Å². The van der Waals surface area contributed by atoms with Crippen LogP contribution >= 0.6 is 0 Å². The number of carboxylic acid groups (broad SMARTS) is 1. The highest BCUT2D eigenvalue weighted by atomic mass is 32.2. The summed E-state index contributed by atoms with van der Waals surface area (Å²) in [7, 11) is -10.5. The first-order chi connectivity index (χ1) is 20.2. The minimum absolute atomic E-state index is 0.0103. The summed E-state index contributed by atoms with van der Waals surface area (Å²) in [6, 6.07) is 3.30. The Morgan fingerprint density at radius 3 is 2.20 bits per heavy atom. The van der Waals surface area contributed by atoms with Crippen LogP contribution in [0.15, 0.2) is 28.3 Å². The van der Waals surface area contributed by atoms with E-state index in [9.17, 15) is 35.8 Å². The summed E-state index contributed by atoms with van der Waals surface area (Å²) in [5.41, 5.74) is -0.124. The van der Waals surface area contributed by atoms with E-state index in [0.717, 1.165) is 6.33 Å². The van der Waals surface area contributed by atoms with Crippen LogP contribution in [0.5, 0.6) is 11.5 Å². The van der Waals surface area contributed by atoms with Gasteiger partial charge in [0.25, 0.3) is 0 Å². The number of nitrogens with zero attached hydrogens (tertiary/aromatic N) is 1. The molecule has 11 nitrogen and oxygen atoms in total. The second-order valence-electron chi connectivity index (χ2n) is 13.7. The number of H-pyrrole nitrogens is 1. The van der Waals surface area contributed by atoms with Gasteiger partial charge in [-0.1, -0.05) is 47.6 Å². The zero-order chi connectivity index (χ0) is 32.3. The van der Waals surface area contributed by atoms with Gasteiger partial charge in [0.15, 0.2) is 11.5 Å². The molecule has 1 N–H and O–H groups in total. The van der Waals surface area contributed by atoms with E-state index in [1.807, 2.05) is 41.5 Å². The predicted molar refractivity (Wildman–Crippen MR) is 154 cm³/mol. The zero-order valence-electron chi connectivity index (χ0n) is 25.0. The second-order valence-corrected chi connectivity index (χ2v) is 16.4. The molecule has 0 bridgehead atoms. The molecule has 44 heavy (non-hydrogen) atoms. The van der Waals surface area contributed by atoms with E-state index in [1.54, 1.807) is 18.2 Å². The topological polar surface area (TPSA) is 192 Å². The molecule has 0 radical (unpaired) electrons. The average molecular weight is 640 g/mol. The van der Waals surface area contributed by atoms with Gasteiger partial charge in [0.05, 0.1) is 23.7 Å². The van der Waals surface area contributed by atoms with Crippen molar-refractivity contribution in [3.63, 3.8) is 0 Å². The highest BCUT2D eigenvalue weighted by Crippen LogP contribution is 2.51. The number of carbonyl (C=O) groups excluding carboxylic acids is 1. The third-order valence-electron chi connectivity index (χ3n) is 8.95. The molecule has 13 heteroatoms. The first-order valence-electron chi connectivity index (χ1n) is 14.2. The summed E-state index contributed by atoms with van der Waals surface area (Å²) in [6.07, 6.45) is 4.29. The van der Waals surface area contributed by atoms with Crippen LogP contribution in [0.2, 0.25) is 0 Å². The van der Waals surface area contributed by atoms with Crippen molar-refractivity contribution in [1.29, 1.82) is 0 Å². The third-order valence-corrected chi connectivity index (χ3v) is 10.8.